The maximum absolute atomic E-state index is 13.9. The minimum absolute atomic E-state index is 0.164. The number of alkyl halides is 1. The Morgan fingerprint density at radius 1 is 1.42 bits per heavy atom. The number of halogens is 1. The van der Waals surface area contributed by atoms with Crippen LogP contribution in [0.3, 0.4) is 0 Å². The number of likely N-dealkylation sites (N-methyl/N-ethyl adjacent to an activating group) is 1. The van der Waals surface area contributed by atoms with Gasteiger partial charge in [0.25, 0.3) is 0 Å². The van der Waals surface area contributed by atoms with Gasteiger partial charge in [-0.1, -0.05) is 30.3 Å². The van der Waals surface area contributed by atoms with Crippen LogP contribution >= 0.6 is 11.3 Å². The van der Waals surface area contributed by atoms with Crippen LogP contribution < -0.4 is 0 Å². The maximum atomic E-state index is 13.9. The van der Waals surface area contributed by atoms with Crippen molar-refractivity contribution in [2.75, 3.05) is 26.7 Å². The zero-order valence-corrected chi connectivity index (χ0v) is 14.7. The van der Waals surface area contributed by atoms with Crippen molar-refractivity contribution >= 4 is 11.3 Å². The van der Waals surface area contributed by atoms with Gasteiger partial charge in [0.1, 0.15) is 11.2 Å². The summed E-state index contributed by atoms with van der Waals surface area (Å²) in [5.74, 6) is 0. The summed E-state index contributed by atoms with van der Waals surface area (Å²) in [5, 5.41) is 13.3. The molecule has 0 amide bonds. The summed E-state index contributed by atoms with van der Waals surface area (Å²) in [6.45, 7) is 2.47. The zero-order chi connectivity index (χ0) is 16.9. The minimum Gasteiger partial charge on any atom is -0.387 e. The summed E-state index contributed by atoms with van der Waals surface area (Å²) in [5.41, 5.74) is 0.916. The molecule has 1 fully saturated rings. The third kappa shape index (κ3) is 4.60. The summed E-state index contributed by atoms with van der Waals surface area (Å²) in [7, 11) is 1.99. The Morgan fingerprint density at radius 2 is 2.21 bits per heavy atom. The van der Waals surface area contributed by atoms with Crippen molar-refractivity contribution in [3.63, 3.8) is 0 Å². The Kier molecular flexibility index (Phi) is 5.94. The lowest BCUT2D eigenvalue weighted by Crippen LogP contribution is -2.39. The van der Waals surface area contributed by atoms with E-state index in [4.69, 9.17) is 0 Å². The summed E-state index contributed by atoms with van der Waals surface area (Å²) < 4.78 is 13.9. The van der Waals surface area contributed by atoms with Gasteiger partial charge in [-0.3, -0.25) is 4.90 Å². The minimum atomic E-state index is -0.776. The van der Waals surface area contributed by atoms with Gasteiger partial charge < -0.3 is 10.0 Å². The highest BCUT2D eigenvalue weighted by Crippen LogP contribution is 2.24. The number of aliphatic hydroxyl groups is 1. The molecule has 1 aliphatic heterocycles. The van der Waals surface area contributed by atoms with Gasteiger partial charge in [0.05, 0.1) is 12.6 Å². The molecule has 0 radical (unpaired) electrons. The van der Waals surface area contributed by atoms with E-state index in [-0.39, 0.29) is 6.04 Å². The van der Waals surface area contributed by atoms with Gasteiger partial charge in [-0.2, -0.15) is 0 Å². The number of likely N-dealkylation sites (tertiary alicyclic amines) is 1. The van der Waals surface area contributed by atoms with Gasteiger partial charge in [-0.05, 0) is 19.0 Å². The normalized spacial score (nSPS) is 23.0. The lowest BCUT2D eigenvalue weighted by atomic mass is 10.1. The molecule has 1 aromatic heterocycles. The van der Waals surface area contributed by atoms with Crippen LogP contribution in [0.5, 0.6) is 0 Å². The molecular weight excluding hydrogens is 325 g/mol. The first-order valence-electron chi connectivity index (χ1n) is 8.30. The van der Waals surface area contributed by atoms with E-state index in [0.717, 1.165) is 17.1 Å². The SMILES string of the molecule is CN(CC(O)c1ccccc1)C[C@@H]1C[C@H](F)CN1Cc1nccs1. The number of thiazole rings is 1. The van der Waals surface area contributed by atoms with Crippen LogP contribution in [0.1, 0.15) is 23.1 Å². The molecule has 0 saturated carbocycles. The number of hydrogen-bond acceptors (Lipinski definition) is 5. The Labute approximate surface area is 146 Å². The smallest absolute Gasteiger partial charge is 0.114 e. The lowest BCUT2D eigenvalue weighted by molar-refractivity contribution is 0.107. The Bertz CT molecular complexity index is 610. The molecule has 1 aromatic carbocycles. The van der Waals surface area contributed by atoms with Gasteiger partial charge in [0, 0.05) is 37.3 Å². The second-order valence-corrected chi connectivity index (χ2v) is 7.47. The quantitative estimate of drug-likeness (QED) is 0.834. The van der Waals surface area contributed by atoms with Crippen molar-refractivity contribution < 1.29 is 9.50 Å². The fraction of sp³-hybridized carbons (Fsp3) is 0.500. The average Bonchev–Trinajstić information content (AvgIpc) is 3.18. The second kappa shape index (κ2) is 8.16. The number of aromatic nitrogens is 1. The molecule has 2 heterocycles. The van der Waals surface area contributed by atoms with Crippen LogP contribution in [0, 0.1) is 0 Å². The molecule has 0 aliphatic carbocycles. The van der Waals surface area contributed by atoms with Crippen LogP contribution in [0.15, 0.2) is 41.9 Å². The maximum Gasteiger partial charge on any atom is 0.114 e. The number of rotatable bonds is 7. The fourth-order valence-electron chi connectivity index (χ4n) is 3.32. The lowest BCUT2D eigenvalue weighted by Gasteiger charge is -2.29. The van der Waals surface area contributed by atoms with E-state index >= 15 is 0 Å². The fourth-order valence-corrected chi connectivity index (χ4v) is 3.96. The number of aliphatic hydroxyl groups excluding tert-OH is 1. The molecule has 4 nitrogen and oxygen atoms in total. The summed E-state index contributed by atoms with van der Waals surface area (Å²) in [6, 6.07) is 9.83. The van der Waals surface area contributed by atoms with Crippen LogP contribution in [0.4, 0.5) is 4.39 Å². The first-order valence-corrected chi connectivity index (χ1v) is 9.18. The summed E-state index contributed by atoms with van der Waals surface area (Å²) >= 11 is 1.61. The van der Waals surface area contributed by atoms with E-state index in [9.17, 15) is 9.50 Å². The van der Waals surface area contributed by atoms with Crippen molar-refractivity contribution in [2.24, 2.45) is 0 Å². The van der Waals surface area contributed by atoms with Crippen LogP contribution in [0.2, 0.25) is 0 Å². The van der Waals surface area contributed by atoms with Crippen molar-refractivity contribution in [3.05, 3.63) is 52.5 Å². The zero-order valence-electron chi connectivity index (χ0n) is 13.9. The molecule has 130 valence electrons. The average molecular weight is 349 g/mol. The van der Waals surface area contributed by atoms with Crippen LogP contribution in [-0.2, 0) is 6.54 Å². The van der Waals surface area contributed by atoms with Gasteiger partial charge in [-0.25, -0.2) is 9.37 Å². The Balaban J connectivity index is 1.55. The van der Waals surface area contributed by atoms with Crippen molar-refractivity contribution in [1.29, 1.82) is 0 Å². The molecule has 6 heteroatoms. The molecular formula is C18H24FN3OS. The van der Waals surface area contributed by atoms with Gasteiger partial charge in [-0.15, -0.1) is 11.3 Å². The predicted molar refractivity (Wildman–Crippen MR) is 94.7 cm³/mol. The first-order chi connectivity index (χ1) is 11.6. The summed E-state index contributed by atoms with van der Waals surface area (Å²) in [6.07, 6.45) is 1.05. The van der Waals surface area contributed by atoms with Crippen molar-refractivity contribution in [2.45, 2.75) is 31.3 Å². The topological polar surface area (TPSA) is 39.6 Å². The van der Waals surface area contributed by atoms with E-state index in [1.807, 2.05) is 42.8 Å². The van der Waals surface area contributed by atoms with Gasteiger partial charge in [0.2, 0.25) is 0 Å². The largest absolute Gasteiger partial charge is 0.387 e. The molecule has 3 atom stereocenters. The highest BCUT2D eigenvalue weighted by Gasteiger charge is 2.33. The predicted octanol–water partition coefficient (Wildman–Crippen LogP) is 2.72. The van der Waals surface area contributed by atoms with Gasteiger partial charge in [0.15, 0.2) is 0 Å². The third-order valence-corrected chi connectivity index (χ3v) is 5.25. The van der Waals surface area contributed by atoms with Crippen molar-refractivity contribution in [1.82, 2.24) is 14.8 Å². The van der Waals surface area contributed by atoms with Gasteiger partial charge >= 0.3 is 0 Å². The van der Waals surface area contributed by atoms with E-state index in [0.29, 0.717) is 26.1 Å². The Morgan fingerprint density at radius 3 is 2.92 bits per heavy atom. The molecule has 1 saturated heterocycles. The molecule has 1 N–H and O–H groups in total. The number of benzene rings is 1. The molecule has 1 unspecified atom stereocenters. The monoisotopic (exact) mass is 349 g/mol. The molecule has 0 bridgehead atoms. The Hall–Kier alpha value is -1.34. The standard InChI is InChI=1S/C18H24FN3OS/c1-21(12-17(23)14-5-3-2-4-6-14)11-16-9-15(19)10-22(16)13-18-20-7-8-24-18/h2-8,15-17,23H,9-13H2,1H3/t15-,16-,17?/m0/s1. The third-order valence-electron chi connectivity index (χ3n) is 4.49. The van der Waals surface area contributed by atoms with E-state index in [2.05, 4.69) is 14.8 Å². The molecule has 1 aliphatic rings. The van der Waals surface area contributed by atoms with E-state index in [1.54, 1.807) is 17.5 Å². The first kappa shape index (κ1) is 17.5. The number of hydrogen-bond donors (Lipinski definition) is 1. The highest BCUT2D eigenvalue weighted by molar-refractivity contribution is 7.09. The second-order valence-electron chi connectivity index (χ2n) is 6.49. The summed E-state index contributed by atoms with van der Waals surface area (Å²) in [4.78, 5) is 8.58. The molecule has 3 rings (SSSR count). The molecule has 2 aromatic rings. The van der Waals surface area contributed by atoms with Crippen LogP contribution in [-0.4, -0.2) is 58.8 Å². The van der Waals surface area contributed by atoms with Crippen molar-refractivity contribution in [3.8, 4) is 0 Å². The van der Waals surface area contributed by atoms with Crippen LogP contribution in [0.25, 0.3) is 0 Å². The number of nitrogens with zero attached hydrogens (tertiary/aromatic N) is 3. The molecule has 24 heavy (non-hydrogen) atoms. The van der Waals surface area contributed by atoms with E-state index < -0.39 is 12.3 Å². The van der Waals surface area contributed by atoms with E-state index in [1.165, 1.54) is 0 Å². The highest BCUT2D eigenvalue weighted by atomic mass is 32.1. The molecule has 0 spiro atoms.